The fourth-order valence-electron chi connectivity index (χ4n) is 3.03. The summed E-state index contributed by atoms with van der Waals surface area (Å²) < 4.78 is 43.9. The highest BCUT2D eigenvalue weighted by Gasteiger charge is 2.25. The maximum atomic E-state index is 15.7. The van der Waals surface area contributed by atoms with Gasteiger partial charge >= 0.3 is 0 Å². The van der Waals surface area contributed by atoms with Crippen molar-refractivity contribution in [3.8, 4) is 11.1 Å². The van der Waals surface area contributed by atoms with Gasteiger partial charge in [-0.05, 0) is 31.5 Å². The fourth-order valence-corrected chi connectivity index (χ4v) is 3.79. The van der Waals surface area contributed by atoms with Crippen LogP contribution in [0.1, 0.15) is 33.6 Å². The SMILES string of the molecule is Cc1ccc(-c2c(C)cc(N(I)I)c(NC(=O)c3c[nH]c(=O)cc3C(F)F)c2F)cn1. The van der Waals surface area contributed by atoms with Gasteiger partial charge in [-0.3, -0.25) is 15.9 Å². The Labute approximate surface area is 203 Å². The molecule has 0 radical (unpaired) electrons. The molecule has 1 amide bonds. The molecule has 0 saturated heterocycles. The molecule has 162 valence electrons. The van der Waals surface area contributed by atoms with Crippen LogP contribution in [-0.2, 0) is 0 Å². The predicted molar refractivity (Wildman–Crippen MR) is 130 cm³/mol. The van der Waals surface area contributed by atoms with Crippen LogP contribution in [-0.4, -0.2) is 15.9 Å². The number of anilines is 2. The third-order valence-electron chi connectivity index (χ3n) is 4.50. The standard InChI is InChI=1S/C20H15F3I2N4O2/c1-9-5-14(29(24)25)18(17(21)16(9)11-4-3-10(2)26-7-11)28-20(31)13-8-27-15(30)6-12(13)19(22)23/h3-8,19H,1-2H3,(H,27,30)(H,28,31). The molecule has 11 heteroatoms. The number of alkyl halides is 2. The number of rotatable bonds is 5. The van der Waals surface area contributed by atoms with E-state index in [0.29, 0.717) is 22.9 Å². The monoisotopic (exact) mass is 654 g/mol. The van der Waals surface area contributed by atoms with Crippen LogP contribution < -0.4 is 12.2 Å². The molecule has 0 bridgehead atoms. The molecule has 0 spiro atoms. The first kappa shape index (κ1) is 23.5. The van der Waals surface area contributed by atoms with E-state index in [1.165, 1.54) is 6.20 Å². The van der Waals surface area contributed by atoms with Crippen molar-refractivity contribution in [3.05, 3.63) is 75.2 Å². The Hall–Kier alpha value is -2.16. The molecule has 3 aromatic rings. The molecular weight excluding hydrogens is 639 g/mol. The van der Waals surface area contributed by atoms with Gasteiger partial charge < -0.3 is 10.3 Å². The van der Waals surface area contributed by atoms with Gasteiger partial charge in [0.2, 0.25) is 5.56 Å². The first-order valence-electron chi connectivity index (χ1n) is 8.80. The number of hydrogen-bond acceptors (Lipinski definition) is 4. The van der Waals surface area contributed by atoms with Gasteiger partial charge in [0.25, 0.3) is 12.3 Å². The molecule has 0 aliphatic carbocycles. The topological polar surface area (TPSA) is 78.1 Å². The number of nitrogens with zero attached hydrogens (tertiary/aromatic N) is 2. The van der Waals surface area contributed by atoms with Crippen LogP contribution in [0.25, 0.3) is 11.1 Å². The third-order valence-corrected chi connectivity index (χ3v) is 5.54. The Kier molecular flexibility index (Phi) is 7.24. The maximum Gasteiger partial charge on any atom is 0.264 e. The van der Waals surface area contributed by atoms with Crippen molar-refractivity contribution in [3.63, 3.8) is 0 Å². The van der Waals surface area contributed by atoms with Crippen LogP contribution in [0.4, 0.5) is 24.5 Å². The zero-order valence-electron chi connectivity index (χ0n) is 16.1. The van der Waals surface area contributed by atoms with Gasteiger partial charge in [0.15, 0.2) is 5.82 Å². The van der Waals surface area contributed by atoms with Crippen molar-refractivity contribution >= 4 is 63.0 Å². The molecule has 2 aromatic heterocycles. The summed E-state index contributed by atoms with van der Waals surface area (Å²) >= 11 is 3.81. The lowest BCUT2D eigenvalue weighted by atomic mass is 9.98. The van der Waals surface area contributed by atoms with E-state index in [-0.39, 0.29) is 11.3 Å². The van der Waals surface area contributed by atoms with Crippen LogP contribution >= 0.6 is 45.7 Å². The predicted octanol–water partition coefficient (Wildman–Crippen LogP) is 5.89. The van der Waals surface area contributed by atoms with Gasteiger partial charge in [-0.2, -0.15) is 0 Å². The maximum absolute atomic E-state index is 15.7. The van der Waals surface area contributed by atoms with Gasteiger partial charge in [-0.1, -0.05) is 6.07 Å². The van der Waals surface area contributed by atoms with E-state index in [1.54, 1.807) is 33.4 Å². The quantitative estimate of drug-likeness (QED) is 0.266. The first-order valence-corrected chi connectivity index (χ1v) is 10.7. The Balaban J connectivity index is 2.14. The Morgan fingerprint density at radius 1 is 1.23 bits per heavy atom. The number of benzene rings is 1. The van der Waals surface area contributed by atoms with Crippen LogP contribution in [0.5, 0.6) is 0 Å². The third kappa shape index (κ3) is 5.02. The van der Waals surface area contributed by atoms with Crippen molar-refractivity contribution in [2.24, 2.45) is 0 Å². The molecule has 6 nitrogen and oxygen atoms in total. The molecule has 0 aliphatic heterocycles. The van der Waals surface area contributed by atoms with E-state index in [4.69, 9.17) is 0 Å². The second-order valence-corrected chi connectivity index (χ2v) is 10.4. The van der Waals surface area contributed by atoms with E-state index in [9.17, 15) is 18.4 Å². The summed E-state index contributed by atoms with van der Waals surface area (Å²) in [6.07, 6.45) is -0.638. The molecular formula is C20H15F3I2N4O2. The molecule has 2 heterocycles. The molecule has 2 N–H and O–H groups in total. The number of amides is 1. The summed E-state index contributed by atoms with van der Waals surface area (Å²) in [6.45, 7) is 3.53. The summed E-state index contributed by atoms with van der Waals surface area (Å²) in [5, 5.41) is 2.40. The average Bonchev–Trinajstić information content (AvgIpc) is 2.70. The van der Waals surface area contributed by atoms with E-state index in [1.807, 2.05) is 45.7 Å². The smallest absolute Gasteiger partial charge is 0.264 e. The summed E-state index contributed by atoms with van der Waals surface area (Å²) in [6, 6.07) is 5.77. The number of carbonyl (C=O) groups is 1. The largest absolute Gasteiger partial charge is 0.328 e. The van der Waals surface area contributed by atoms with Crippen molar-refractivity contribution in [2.45, 2.75) is 20.3 Å². The van der Waals surface area contributed by atoms with Crippen molar-refractivity contribution in [2.75, 3.05) is 6.64 Å². The van der Waals surface area contributed by atoms with E-state index in [2.05, 4.69) is 15.3 Å². The second kappa shape index (κ2) is 9.54. The van der Waals surface area contributed by atoms with Gasteiger partial charge in [0, 0.05) is 40.8 Å². The molecule has 31 heavy (non-hydrogen) atoms. The summed E-state index contributed by atoms with van der Waals surface area (Å²) in [5.74, 6) is -1.70. The molecule has 0 atom stereocenters. The number of nitrogens with one attached hydrogen (secondary N) is 2. The van der Waals surface area contributed by atoms with Crippen LogP contribution in [0.15, 0.2) is 41.5 Å². The summed E-state index contributed by atoms with van der Waals surface area (Å²) in [7, 11) is 0. The Morgan fingerprint density at radius 2 is 1.94 bits per heavy atom. The second-order valence-electron chi connectivity index (χ2n) is 6.62. The van der Waals surface area contributed by atoms with Gasteiger partial charge in [-0.15, -0.1) is 0 Å². The highest BCUT2D eigenvalue weighted by atomic mass is 127. The lowest BCUT2D eigenvalue weighted by molar-refractivity contribution is 0.101. The number of H-pyrrole nitrogens is 1. The minimum atomic E-state index is -3.05. The number of aromatic nitrogens is 2. The van der Waals surface area contributed by atoms with Crippen molar-refractivity contribution in [1.82, 2.24) is 9.97 Å². The minimum absolute atomic E-state index is 0.179. The Bertz CT molecular complexity index is 1200. The molecule has 0 saturated carbocycles. The summed E-state index contributed by atoms with van der Waals surface area (Å²) in [5.41, 5.74) is 0.297. The number of aryl methyl sites for hydroxylation is 2. The van der Waals surface area contributed by atoms with E-state index in [0.717, 1.165) is 11.9 Å². The Morgan fingerprint density at radius 3 is 2.52 bits per heavy atom. The molecule has 1 aromatic carbocycles. The minimum Gasteiger partial charge on any atom is -0.328 e. The molecule has 0 fully saturated rings. The zero-order chi connectivity index (χ0) is 22.9. The van der Waals surface area contributed by atoms with Crippen LogP contribution in [0, 0.1) is 19.7 Å². The normalized spacial score (nSPS) is 11.0. The number of pyridine rings is 2. The van der Waals surface area contributed by atoms with Crippen LogP contribution in [0.2, 0.25) is 0 Å². The van der Waals surface area contributed by atoms with Gasteiger partial charge in [-0.25, -0.2) is 13.2 Å². The molecule has 0 unspecified atom stereocenters. The molecule has 3 rings (SSSR count). The average molecular weight is 654 g/mol. The van der Waals surface area contributed by atoms with E-state index < -0.39 is 34.8 Å². The number of aromatic amines is 1. The van der Waals surface area contributed by atoms with Crippen LogP contribution in [0.3, 0.4) is 0 Å². The lowest BCUT2D eigenvalue weighted by Crippen LogP contribution is -2.20. The van der Waals surface area contributed by atoms with Crippen molar-refractivity contribution < 1.29 is 18.0 Å². The van der Waals surface area contributed by atoms with Crippen molar-refractivity contribution in [1.29, 1.82) is 0 Å². The molecule has 0 aliphatic rings. The van der Waals surface area contributed by atoms with E-state index >= 15 is 4.39 Å². The number of carbonyl (C=O) groups excluding carboxylic acids is 1. The van der Waals surface area contributed by atoms with Gasteiger partial charge in [0.05, 0.1) is 57.0 Å². The highest BCUT2D eigenvalue weighted by molar-refractivity contribution is 14.2. The zero-order valence-corrected chi connectivity index (χ0v) is 20.5. The summed E-state index contributed by atoms with van der Waals surface area (Å²) in [4.78, 5) is 30.6. The highest BCUT2D eigenvalue weighted by Crippen LogP contribution is 2.41. The van der Waals surface area contributed by atoms with Gasteiger partial charge in [0.1, 0.15) is 5.69 Å². The fraction of sp³-hybridized carbons (Fsp3) is 0.150. The lowest BCUT2D eigenvalue weighted by Gasteiger charge is -2.20. The number of hydrogen-bond donors (Lipinski definition) is 2. The number of halogens is 5. The first-order chi connectivity index (χ1) is 14.6.